The zero-order valence-corrected chi connectivity index (χ0v) is 11.7. The van der Waals surface area contributed by atoms with Crippen molar-refractivity contribution in [3.63, 3.8) is 0 Å². The monoisotopic (exact) mass is 318 g/mol. The van der Waals surface area contributed by atoms with Gasteiger partial charge in [-0.1, -0.05) is 30.3 Å². The van der Waals surface area contributed by atoms with Crippen molar-refractivity contribution in [3.05, 3.63) is 72.4 Å². The first-order valence-corrected chi connectivity index (χ1v) is 6.71. The first kappa shape index (κ1) is 15.1. The summed E-state index contributed by atoms with van der Waals surface area (Å²) in [7, 11) is 0. The van der Waals surface area contributed by atoms with E-state index >= 15 is 0 Å². The Morgan fingerprint density at radius 1 is 0.783 bits per heavy atom. The van der Waals surface area contributed by atoms with Crippen molar-refractivity contribution in [1.82, 2.24) is 9.97 Å². The molecule has 1 aromatic heterocycles. The molecule has 2 nitrogen and oxygen atoms in total. The van der Waals surface area contributed by atoms with Crippen LogP contribution in [0.15, 0.2) is 60.8 Å². The number of halogens is 4. The molecule has 116 valence electrons. The van der Waals surface area contributed by atoms with Gasteiger partial charge in [0.15, 0.2) is 0 Å². The summed E-state index contributed by atoms with van der Waals surface area (Å²) in [4.78, 5) is 7.08. The normalized spacial score (nSPS) is 11.5. The van der Waals surface area contributed by atoms with E-state index in [0.717, 1.165) is 6.20 Å². The van der Waals surface area contributed by atoms with Crippen molar-refractivity contribution in [1.29, 1.82) is 0 Å². The fourth-order valence-electron chi connectivity index (χ4n) is 2.18. The summed E-state index contributed by atoms with van der Waals surface area (Å²) in [6.45, 7) is 0. The van der Waals surface area contributed by atoms with Gasteiger partial charge in [0.1, 0.15) is 5.82 Å². The van der Waals surface area contributed by atoms with E-state index < -0.39 is 17.8 Å². The highest BCUT2D eigenvalue weighted by molar-refractivity contribution is 5.80. The molecule has 0 amide bonds. The summed E-state index contributed by atoms with van der Waals surface area (Å²) in [5, 5.41) is 0. The molecule has 0 N–H and O–H groups in total. The lowest BCUT2D eigenvalue weighted by Gasteiger charge is -2.12. The minimum Gasteiger partial charge on any atom is -0.232 e. The van der Waals surface area contributed by atoms with Crippen molar-refractivity contribution in [2.75, 3.05) is 0 Å². The summed E-state index contributed by atoms with van der Waals surface area (Å²) in [6, 6.07) is 14.0. The molecule has 0 bridgehead atoms. The second-order valence-electron chi connectivity index (χ2n) is 4.83. The van der Waals surface area contributed by atoms with E-state index in [0.29, 0.717) is 16.7 Å². The molecule has 0 aliphatic carbocycles. The average molecular weight is 318 g/mol. The number of benzene rings is 2. The van der Waals surface area contributed by atoms with Crippen molar-refractivity contribution in [2.24, 2.45) is 0 Å². The van der Waals surface area contributed by atoms with E-state index in [1.165, 1.54) is 24.3 Å². The zero-order chi connectivity index (χ0) is 16.4. The van der Waals surface area contributed by atoms with E-state index in [1.54, 1.807) is 30.3 Å². The molecule has 0 unspecified atom stereocenters. The first-order chi connectivity index (χ1) is 10.9. The van der Waals surface area contributed by atoms with E-state index in [-0.39, 0.29) is 5.69 Å². The van der Waals surface area contributed by atoms with Crippen LogP contribution in [0.4, 0.5) is 17.6 Å². The van der Waals surface area contributed by atoms with Crippen LogP contribution in [0, 0.1) is 5.82 Å². The number of aromatic nitrogens is 2. The molecule has 0 aliphatic rings. The predicted octanol–water partition coefficient (Wildman–Crippen LogP) is 4.97. The highest BCUT2D eigenvalue weighted by Crippen LogP contribution is 2.33. The quantitative estimate of drug-likeness (QED) is 0.624. The Morgan fingerprint density at radius 2 is 1.43 bits per heavy atom. The van der Waals surface area contributed by atoms with Gasteiger partial charge in [-0.25, -0.2) is 14.4 Å². The number of hydrogen-bond donors (Lipinski definition) is 0. The van der Waals surface area contributed by atoms with Crippen LogP contribution in [-0.2, 0) is 6.18 Å². The molecular formula is C17H10F4N2. The fraction of sp³-hybridized carbons (Fsp3) is 0.0588. The molecule has 0 spiro atoms. The highest BCUT2D eigenvalue weighted by atomic mass is 19.4. The summed E-state index contributed by atoms with van der Waals surface area (Å²) >= 11 is 0. The number of rotatable bonds is 2. The number of nitrogens with zero attached hydrogens (tertiary/aromatic N) is 2. The van der Waals surface area contributed by atoms with Gasteiger partial charge in [0.25, 0.3) is 0 Å². The molecule has 1 heterocycles. The highest BCUT2D eigenvalue weighted by Gasteiger charge is 2.35. The molecule has 0 radical (unpaired) electrons. The molecule has 3 aromatic rings. The van der Waals surface area contributed by atoms with E-state index in [1.807, 2.05) is 0 Å². The summed E-state index contributed by atoms with van der Waals surface area (Å²) < 4.78 is 51.8. The Morgan fingerprint density at radius 3 is 2.04 bits per heavy atom. The molecule has 0 fully saturated rings. The maximum atomic E-state index is 13.1. The topological polar surface area (TPSA) is 25.8 Å². The molecule has 23 heavy (non-hydrogen) atoms. The third kappa shape index (κ3) is 3.21. The first-order valence-electron chi connectivity index (χ1n) is 6.71. The minimum atomic E-state index is -4.65. The van der Waals surface area contributed by atoms with Gasteiger partial charge in [-0.05, 0) is 29.8 Å². The van der Waals surface area contributed by atoms with Gasteiger partial charge in [-0.3, -0.25) is 0 Å². The fourth-order valence-corrected chi connectivity index (χ4v) is 2.18. The van der Waals surface area contributed by atoms with Crippen molar-refractivity contribution in [3.8, 4) is 22.4 Å². The Kier molecular flexibility index (Phi) is 3.82. The number of alkyl halides is 3. The second kappa shape index (κ2) is 5.79. The molecule has 2 aromatic carbocycles. The van der Waals surface area contributed by atoms with Crippen LogP contribution in [0.1, 0.15) is 5.82 Å². The molecule has 0 atom stereocenters. The number of hydrogen-bond acceptors (Lipinski definition) is 2. The maximum absolute atomic E-state index is 13.1. The SMILES string of the molecule is Fc1ccc(-c2nc(C(F)(F)F)ncc2-c2ccccc2)cc1. The lowest BCUT2D eigenvalue weighted by Crippen LogP contribution is -2.12. The Labute approximate surface area is 129 Å². The standard InChI is InChI=1S/C17H10F4N2/c18-13-8-6-12(7-9-13)15-14(11-4-2-1-3-5-11)10-22-16(23-15)17(19,20)21/h1-10H. The van der Waals surface area contributed by atoms with Gasteiger partial charge in [-0.15, -0.1) is 0 Å². The van der Waals surface area contributed by atoms with Crippen molar-refractivity contribution < 1.29 is 17.6 Å². The summed E-state index contributed by atoms with van der Waals surface area (Å²) in [6.07, 6.45) is -3.51. The Bertz CT molecular complexity index is 812. The van der Waals surface area contributed by atoms with Crippen molar-refractivity contribution in [2.45, 2.75) is 6.18 Å². The van der Waals surface area contributed by atoms with Crippen LogP contribution >= 0.6 is 0 Å². The van der Waals surface area contributed by atoms with Gasteiger partial charge in [0, 0.05) is 17.3 Å². The maximum Gasteiger partial charge on any atom is 0.451 e. The van der Waals surface area contributed by atoms with Gasteiger partial charge in [0.05, 0.1) is 5.69 Å². The van der Waals surface area contributed by atoms with Gasteiger partial charge >= 0.3 is 6.18 Å². The minimum absolute atomic E-state index is 0.110. The molecular weight excluding hydrogens is 308 g/mol. The molecule has 0 aliphatic heterocycles. The van der Waals surface area contributed by atoms with Crippen molar-refractivity contribution >= 4 is 0 Å². The molecule has 6 heteroatoms. The summed E-state index contributed by atoms with van der Waals surface area (Å²) in [5.74, 6) is -1.70. The van der Waals surface area contributed by atoms with Crippen LogP contribution in [0.3, 0.4) is 0 Å². The van der Waals surface area contributed by atoms with Crippen LogP contribution in [-0.4, -0.2) is 9.97 Å². The van der Waals surface area contributed by atoms with Crippen LogP contribution in [0.25, 0.3) is 22.4 Å². The molecule has 0 saturated heterocycles. The Hall–Kier alpha value is -2.76. The zero-order valence-electron chi connectivity index (χ0n) is 11.7. The van der Waals surface area contributed by atoms with Crippen LogP contribution in [0.2, 0.25) is 0 Å². The van der Waals surface area contributed by atoms with Gasteiger partial charge in [-0.2, -0.15) is 13.2 Å². The van der Waals surface area contributed by atoms with E-state index in [2.05, 4.69) is 9.97 Å². The van der Waals surface area contributed by atoms with E-state index in [4.69, 9.17) is 0 Å². The van der Waals surface area contributed by atoms with Crippen LogP contribution in [0.5, 0.6) is 0 Å². The lowest BCUT2D eigenvalue weighted by molar-refractivity contribution is -0.144. The smallest absolute Gasteiger partial charge is 0.232 e. The molecule has 0 saturated carbocycles. The third-order valence-electron chi connectivity index (χ3n) is 3.24. The van der Waals surface area contributed by atoms with Gasteiger partial charge < -0.3 is 0 Å². The predicted molar refractivity (Wildman–Crippen MR) is 77.9 cm³/mol. The third-order valence-corrected chi connectivity index (χ3v) is 3.24. The average Bonchev–Trinajstić information content (AvgIpc) is 2.55. The van der Waals surface area contributed by atoms with Crippen LogP contribution < -0.4 is 0 Å². The van der Waals surface area contributed by atoms with E-state index in [9.17, 15) is 17.6 Å². The largest absolute Gasteiger partial charge is 0.451 e. The summed E-state index contributed by atoms with van der Waals surface area (Å²) in [5.41, 5.74) is 1.63. The molecule has 3 rings (SSSR count). The Balaban J connectivity index is 2.22. The van der Waals surface area contributed by atoms with Gasteiger partial charge in [0.2, 0.25) is 5.82 Å². The lowest BCUT2D eigenvalue weighted by atomic mass is 10.0. The second-order valence-corrected chi connectivity index (χ2v) is 4.83.